The van der Waals surface area contributed by atoms with Crippen LogP contribution in [0.2, 0.25) is 0 Å². The highest BCUT2D eigenvalue weighted by atomic mass is 16.4. The van der Waals surface area contributed by atoms with Gasteiger partial charge in [0, 0.05) is 11.3 Å². The Morgan fingerprint density at radius 3 is 2.29 bits per heavy atom. The predicted octanol–water partition coefficient (Wildman–Crippen LogP) is 3.76. The summed E-state index contributed by atoms with van der Waals surface area (Å²) in [7, 11) is 0. The fourth-order valence-electron chi connectivity index (χ4n) is 10.7. The lowest BCUT2D eigenvalue weighted by Crippen LogP contribution is -2.67. The lowest BCUT2D eigenvalue weighted by molar-refractivity contribution is -0.236. The fourth-order valence-corrected chi connectivity index (χ4v) is 10.7. The van der Waals surface area contributed by atoms with E-state index in [1.807, 2.05) is 13.8 Å². The van der Waals surface area contributed by atoms with Crippen molar-refractivity contribution >= 4 is 5.97 Å². The molecule has 0 aliphatic heterocycles. The van der Waals surface area contributed by atoms with Gasteiger partial charge in [-0.1, -0.05) is 39.3 Å². The quantitative estimate of drug-likeness (QED) is 0.376. The first-order chi connectivity index (χ1) is 16.2. The molecule has 4 saturated carbocycles. The summed E-state index contributed by atoms with van der Waals surface area (Å²) in [5.41, 5.74) is -1.86. The lowest BCUT2D eigenvalue weighted by atomic mass is 9.36. The molecule has 0 heterocycles. The third kappa shape index (κ3) is 3.06. The van der Waals surface area contributed by atoms with E-state index < -0.39 is 34.6 Å². The van der Waals surface area contributed by atoms with Gasteiger partial charge in [-0.3, -0.25) is 4.79 Å². The van der Waals surface area contributed by atoms with Crippen LogP contribution < -0.4 is 0 Å². The number of carboxylic acid groups (broad SMARTS) is 1. The predicted molar refractivity (Wildman–Crippen MR) is 132 cm³/mol. The summed E-state index contributed by atoms with van der Waals surface area (Å²) in [6, 6.07) is 0. The molecule has 0 bridgehead atoms. The number of carbonyl (C=O) groups is 1. The van der Waals surface area contributed by atoms with E-state index in [0.29, 0.717) is 19.3 Å². The molecular weight excluding hydrogens is 444 g/mol. The molecule has 0 spiro atoms. The second-order valence-electron chi connectivity index (χ2n) is 14.1. The maximum atomic E-state index is 12.7. The molecule has 5 aliphatic rings. The van der Waals surface area contributed by atoms with Crippen LogP contribution in [0.15, 0.2) is 11.6 Å². The molecule has 0 aromatic heterocycles. The number of allylic oxidation sites excluding steroid dienone is 1. The average molecular weight is 491 g/mol. The molecule has 0 aromatic rings. The zero-order valence-corrected chi connectivity index (χ0v) is 22.1. The first-order valence-corrected chi connectivity index (χ1v) is 13.8. The van der Waals surface area contributed by atoms with Gasteiger partial charge in [0.05, 0.1) is 29.8 Å². The number of rotatable bonds is 2. The molecule has 6 heteroatoms. The summed E-state index contributed by atoms with van der Waals surface area (Å²) in [4.78, 5) is 12.7. The van der Waals surface area contributed by atoms with Gasteiger partial charge in [-0.05, 0) is 92.8 Å². The van der Waals surface area contributed by atoms with Gasteiger partial charge in [0.2, 0.25) is 0 Å². The van der Waals surface area contributed by atoms with Gasteiger partial charge in [-0.2, -0.15) is 0 Å². The smallest absolute Gasteiger partial charge is 0.310 e. The molecule has 198 valence electrons. The van der Waals surface area contributed by atoms with Crippen LogP contribution in [0.5, 0.6) is 0 Å². The normalized spacial score (nSPS) is 57.7. The minimum absolute atomic E-state index is 0.0404. The Bertz CT molecular complexity index is 928. The Kier molecular flexibility index (Phi) is 5.71. The van der Waals surface area contributed by atoms with Crippen molar-refractivity contribution in [1.29, 1.82) is 0 Å². The van der Waals surface area contributed by atoms with Crippen molar-refractivity contribution in [3.8, 4) is 0 Å². The van der Waals surface area contributed by atoms with Crippen LogP contribution in [-0.2, 0) is 4.79 Å². The van der Waals surface area contributed by atoms with E-state index in [4.69, 9.17) is 0 Å². The van der Waals surface area contributed by atoms with Crippen LogP contribution in [0.4, 0.5) is 0 Å². The largest absolute Gasteiger partial charge is 0.481 e. The zero-order chi connectivity index (χ0) is 25.8. The highest BCUT2D eigenvalue weighted by Gasteiger charge is 2.69. The maximum Gasteiger partial charge on any atom is 0.310 e. The Morgan fingerprint density at radius 2 is 1.66 bits per heavy atom. The number of carboxylic acids is 1. The van der Waals surface area contributed by atoms with E-state index in [2.05, 4.69) is 26.8 Å². The van der Waals surface area contributed by atoms with E-state index in [1.54, 1.807) is 0 Å². The Morgan fingerprint density at radius 1 is 1.00 bits per heavy atom. The third-order valence-electron chi connectivity index (χ3n) is 12.8. The summed E-state index contributed by atoms with van der Waals surface area (Å²) in [5.74, 6) is -0.527. The maximum absolute atomic E-state index is 12.7. The SMILES string of the molecule is C[C@@H]1CC[C@]2(C(=O)O)CC[C@@H]3C(=CC[C@@H]4[C@@]5(C)C[C@@H](O)[C@H](O)[C@@](C)(CO)[C@@H]5CC[C@]43C)[C@@H]2[C@]1(C)O. The standard InChI is InChI=1S/C29H46O6/c1-16-8-12-29(24(33)34)13-9-18-17(22(29)28(16,5)35)6-7-20-25(18,2)11-10-21-26(20,3)14-19(31)23(32)27(21,4)15-30/h6,16,18-23,30-32,35H,7-15H2,1-5H3,(H,33,34)/t16-,18-,19-,20+,21-,22-,23+,25+,26-,27+,28-,29+/m1/s1. The molecule has 0 saturated heterocycles. The number of fused-ring (bicyclic) bond motifs is 7. The molecule has 5 N–H and O–H groups in total. The summed E-state index contributed by atoms with van der Waals surface area (Å²) < 4.78 is 0. The molecule has 5 aliphatic carbocycles. The van der Waals surface area contributed by atoms with E-state index in [0.717, 1.165) is 37.7 Å². The first kappa shape index (κ1) is 25.7. The molecule has 0 radical (unpaired) electrons. The molecule has 5 rings (SSSR count). The van der Waals surface area contributed by atoms with Crippen LogP contribution in [0, 0.1) is 51.2 Å². The van der Waals surface area contributed by atoms with Gasteiger partial charge in [0.1, 0.15) is 0 Å². The van der Waals surface area contributed by atoms with Crippen LogP contribution in [0.3, 0.4) is 0 Å². The Balaban J connectivity index is 1.60. The number of hydrogen-bond acceptors (Lipinski definition) is 5. The number of hydrogen-bond donors (Lipinski definition) is 5. The van der Waals surface area contributed by atoms with Crippen molar-refractivity contribution < 1.29 is 30.3 Å². The Labute approximate surface area is 209 Å². The van der Waals surface area contributed by atoms with Gasteiger partial charge in [-0.25, -0.2) is 0 Å². The summed E-state index contributed by atoms with van der Waals surface area (Å²) >= 11 is 0. The summed E-state index contributed by atoms with van der Waals surface area (Å²) in [6.45, 7) is 10.3. The zero-order valence-electron chi connectivity index (χ0n) is 22.1. The van der Waals surface area contributed by atoms with Crippen molar-refractivity contribution in [2.45, 2.75) is 104 Å². The van der Waals surface area contributed by atoms with E-state index in [9.17, 15) is 30.3 Å². The summed E-state index contributed by atoms with van der Waals surface area (Å²) in [5, 5.41) is 54.4. The van der Waals surface area contributed by atoms with Crippen LogP contribution in [0.1, 0.15) is 86.0 Å². The van der Waals surface area contributed by atoms with Crippen LogP contribution in [-0.4, -0.2) is 55.9 Å². The Hall–Kier alpha value is -0.950. The van der Waals surface area contributed by atoms with Gasteiger partial charge in [-0.15, -0.1) is 0 Å². The van der Waals surface area contributed by atoms with Crippen molar-refractivity contribution in [3.63, 3.8) is 0 Å². The molecule has 12 atom stereocenters. The second-order valence-corrected chi connectivity index (χ2v) is 14.1. The molecule has 4 fully saturated rings. The number of aliphatic carboxylic acids is 1. The van der Waals surface area contributed by atoms with Gasteiger partial charge in [0.25, 0.3) is 0 Å². The van der Waals surface area contributed by atoms with E-state index >= 15 is 0 Å². The number of aliphatic hydroxyl groups is 4. The van der Waals surface area contributed by atoms with Gasteiger partial charge >= 0.3 is 5.97 Å². The van der Waals surface area contributed by atoms with Crippen molar-refractivity contribution in [2.75, 3.05) is 6.61 Å². The fraction of sp³-hybridized carbons (Fsp3) is 0.897. The lowest BCUT2D eigenvalue weighted by Gasteiger charge is -2.69. The second kappa shape index (κ2) is 7.78. The molecule has 0 unspecified atom stereocenters. The molecule has 35 heavy (non-hydrogen) atoms. The van der Waals surface area contributed by atoms with E-state index in [-0.39, 0.29) is 47.0 Å². The minimum atomic E-state index is -1.06. The first-order valence-electron chi connectivity index (χ1n) is 13.8. The minimum Gasteiger partial charge on any atom is -0.481 e. The summed E-state index contributed by atoms with van der Waals surface area (Å²) in [6.07, 6.45) is 6.34. The van der Waals surface area contributed by atoms with Crippen molar-refractivity contribution in [1.82, 2.24) is 0 Å². The number of aliphatic hydroxyl groups excluding tert-OH is 3. The van der Waals surface area contributed by atoms with Crippen LogP contribution >= 0.6 is 0 Å². The van der Waals surface area contributed by atoms with Gasteiger partial charge < -0.3 is 25.5 Å². The topological polar surface area (TPSA) is 118 Å². The van der Waals surface area contributed by atoms with Gasteiger partial charge in [0.15, 0.2) is 0 Å². The van der Waals surface area contributed by atoms with Crippen molar-refractivity contribution in [2.24, 2.45) is 51.2 Å². The van der Waals surface area contributed by atoms with Crippen molar-refractivity contribution in [3.05, 3.63) is 11.6 Å². The third-order valence-corrected chi connectivity index (χ3v) is 12.8. The molecule has 6 nitrogen and oxygen atoms in total. The molecule has 0 aromatic carbocycles. The molecule has 0 amide bonds. The monoisotopic (exact) mass is 490 g/mol. The molecular formula is C29H46O6. The average Bonchev–Trinajstić information content (AvgIpc) is 2.79. The van der Waals surface area contributed by atoms with E-state index in [1.165, 1.54) is 0 Å². The highest BCUT2D eigenvalue weighted by Crippen LogP contribution is 2.72. The van der Waals surface area contributed by atoms with Crippen LogP contribution in [0.25, 0.3) is 0 Å². The highest BCUT2D eigenvalue weighted by molar-refractivity contribution is 5.77.